The van der Waals surface area contributed by atoms with Gasteiger partial charge in [-0.05, 0) is 87.4 Å². The van der Waals surface area contributed by atoms with Crippen molar-refractivity contribution in [2.24, 2.45) is 0 Å². The van der Waals surface area contributed by atoms with Crippen LogP contribution in [0.5, 0.6) is 5.75 Å². The number of aromatic hydroxyl groups is 1. The second-order valence-corrected chi connectivity index (χ2v) is 14.8. The van der Waals surface area contributed by atoms with Gasteiger partial charge in [-0.15, -0.1) is 0 Å². The minimum Gasteiger partial charge on any atom is -0.506 e. The normalized spacial score (nSPS) is 14.4. The van der Waals surface area contributed by atoms with E-state index < -0.39 is 16.1 Å². The first-order valence-corrected chi connectivity index (χ1v) is 19.7. The first kappa shape index (κ1) is 38.0. The largest absolute Gasteiger partial charge is 0.506 e. The number of amides is 1. The van der Waals surface area contributed by atoms with Crippen molar-refractivity contribution in [3.05, 3.63) is 76.6 Å². The van der Waals surface area contributed by atoms with E-state index in [9.17, 15) is 23.4 Å². The average Bonchev–Trinajstić information content (AvgIpc) is 3.54. The number of carbonyl (C=O) groups excluding carboxylic acids is 1. The van der Waals surface area contributed by atoms with E-state index in [1.807, 2.05) is 35.1 Å². The molecule has 6 N–H and O–H groups in total. The van der Waals surface area contributed by atoms with Crippen molar-refractivity contribution in [2.75, 3.05) is 42.6 Å². The molecule has 2 aromatic heterocycles. The molecule has 1 atom stereocenters. The molecule has 0 aliphatic carbocycles. The number of anilines is 2. The van der Waals surface area contributed by atoms with E-state index in [1.165, 1.54) is 17.7 Å². The van der Waals surface area contributed by atoms with Crippen molar-refractivity contribution in [2.45, 2.75) is 84.0 Å². The topological polar surface area (TPSA) is 180 Å². The number of carbonyl (C=O) groups is 1. The highest BCUT2D eigenvalue weighted by Crippen LogP contribution is 2.31. The Bertz CT molecular complexity index is 1870. The summed E-state index contributed by atoms with van der Waals surface area (Å²) in [6, 6.07) is 12.4. The Morgan fingerprint density at radius 1 is 1.08 bits per heavy atom. The Kier molecular flexibility index (Phi) is 13.3. The number of sulfonamides is 1. The summed E-state index contributed by atoms with van der Waals surface area (Å²) in [5, 5.41) is 36.1. The van der Waals surface area contributed by atoms with Gasteiger partial charge in [-0.2, -0.15) is 5.10 Å². The van der Waals surface area contributed by atoms with Crippen LogP contribution in [0.2, 0.25) is 0 Å². The van der Waals surface area contributed by atoms with Crippen molar-refractivity contribution in [3.8, 4) is 5.75 Å². The molecule has 0 spiro atoms. The minimum atomic E-state index is -3.56. The summed E-state index contributed by atoms with van der Waals surface area (Å²) < 4.78 is 32.8. The van der Waals surface area contributed by atoms with Crippen LogP contribution < -0.4 is 20.7 Å². The predicted octanol–water partition coefficient (Wildman–Crippen LogP) is 4.65. The number of pyridine rings is 1. The van der Waals surface area contributed by atoms with Crippen LogP contribution in [0.3, 0.4) is 0 Å². The molecule has 0 unspecified atom stereocenters. The van der Waals surface area contributed by atoms with Crippen molar-refractivity contribution < 1.29 is 28.2 Å². The highest BCUT2D eigenvalue weighted by atomic mass is 32.2. The van der Waals surface area contributed by atoms with Crippen molar-refractivity contribution in [1.29, 1.82) is 0 Å². The molecule has 3 heterocycles. The quantitative estimate of drug-likeness (QED) is 0.0626. The summed E-state index contributed by atoms with van der Waals surface area (Å²) in [5.74, 6) is -0.336. The number of aromatic nitrogens is 3. The number of phenols is 1. The number of aryl methyl sites for hydroxylation is 3. The van der Waals surface area contributed by atoms with Gasteiger partial charge in [0.2, 0.25) is 10.0 Å². The van der Waals surface area contributed by atoms with Gasteiger partial charge >= 0.3 is 0 Å². The molecule has 2 aromatic carbocycles. The second kappa shape index (κ2) is 17.8. The van der Waals surface area contributed by atoms with Crippen LogP contribution in [-0.4, -0.2) is 77.9 Å². The molecular weight excluding hydrogens is 671 g/mol. The molecule has 1 aliphatic rings. The van der Waals surface area contributed by atoms with Crippen molar-refractivity contribution >= 4 is 38.3 Å². The first-order chi connectivity index (χ1) is 24.6. The SMILES string of the molecule is CCc1nc2c(cnn2CC)c(NC2CCOCC2)c1CNC(=O)c1ccc(CCCCCNC[C@H](O)c2ccc(O)c(NS(C)(=O)=O)c2)cc1. The molecule has 51 heavy (non-hydrogen) atoms. The highest BCUT2D eigenvalue weighted by molar-refractivity contribution is 7.92. The number of nitrogens with one attached hydrogen (secondary N) is 4. The van der Waals surface area contributed by atoms with E-state index in [1.54, 1.807) is 6.07 Å². The van der Waals surface area contributed by atoms with E-state index in [0.29, 0.717) is 24.2 Å². The van der Waals surface area contributed by atoms with Crippen LogP contribution in [0.4, 0.5) is 11.4 Å². The zero-order valence-corrected chi connectivity index (χ0v) is 30.6. The number of benzene rings is 2. The summed E-state index contributed by atoms with van der Waals surface area (Å²) in [6.07, 6.45) is 8.40. The van der Waals surface area contributed by atoms with E-state index in [2.05, 4.69) is 39.6 Å². The zero-order chi connectivity index (χ0) is 36.4. The van der Waals surface area contributed by atoms with E-state index in [-0.39, 0.29) is 23.4 Å². The van der Waals surface area contributed by atoms with Gasteiger partial charge in [0, 0.05) is 55.7 Å². The molecule has 1 aliphatic heterocycles. The van der Waals surface area contributed by atoms with Gasteiger partial charge in [0.1, 0.15) is 5.75 Å². The maximum absolute atomic E-state index is 13.3. The van der Waals surface area contributed by atoms with Gasteiger partial charge in [-0.1, -0.05) is 31.5 Å². The molecule has 0 bridgehead atoms. The number of fused-ring (bicyclic) bond motifs is 1. The first-order valence-electron chi connectivity index (χ1n) is 17.8. The molecule has 276 valence electrons. The molecule has 14 heteroatoms. The molecule has 0 radical (unpaired) electrons. The van der Waals surface area contributed by atoms with Gasteiger partial charge in [-0.25, -0.2) is 18.1 Å². The monoisotopic (exact) mass is 721 g/mol. The number of hydrogen-bond acceptors (Lipinski definition) is 10. The van der Waals surface area contributed by atoms with Gasteiger partial charge < -0.3 is 30.9 Å². The number of nitrogens with zero attached hydrogens (tertiary/aromatic N) is 3. The maximum Gasteiger partial charge on any atom is 0.251 e. The standard InChI is InChI=1S/C37H51N7O6S/c1-4-31-29(35(41-28-16-19-50-20-17-28)30-23-40-44(5-2)36(30)42-31)22-39-37(47)26-12-10-25(11-13-26)9-7-6-8-18-38-24-34(46)27-14-15-33(45)32(21-27)43-51(3,48)49/h10-15,21,23,28,34,38,43,45-46H,4-9,16-20,22,24H2,1-3H3,(H,39,47)(H,41,42)/t34-/m0/s1. The fraction of sp³-hybridized carbons (Fsp3) is 0.486. The Morgan fingerprint density at radius 2 is 1.84 bits per heavy atom. The highest BCUT2D eigenvalue weighted by Gasteiger charge is 2.22. The lowest BCUT2D eigenvalue weighted by Gasteiger charge is -2.26. The van der Waals surface area contributed by atoms with Crippen LogP contribution in [0.1, 0.15) is 84.8 Å². The zero-order valence-electron chi connectivity index (χ0n) is 29.7. The summed E-state index contributed by atoms with van der Waals surface area (Å²) >= 11 is 0. The smallest absolute Gasteiger partial charge is 0.251 e. The Balaban J connectivity index is 1.08. The fourth-order valence-electron chi connectivity index (χ4n) is 6.35. The predicted molar refractivity (Wildman–Crippen MR) is 200 cm³/mol. The molecule has 1 amide bonds. The maximum atomic E-state index is 13.3. The van der Waals surface area contributed by atoms with Gasteiger partial charge in [0.05, 0.1) is 35.3 Å². The number of ether oxygens (including phenoxy) is 1. The lowest BCUT2D eigenvalue weighted by molar-refractivity contribution is 0.0904. The third kappa shape index (κ3) is 10.4. The molecular formula is C37H51N7O6S. The molecule has 0 saturated carbocycles. The lowest BCUT2D eigenvalue weighted by Crippen LogP contribution is -2.30. The molecule has 13 nitrogen and oxygen atoms in total. The summed E-state index contributed by atoms with van der Waals surface area (Å²) in [5.41, 5.74) is 6.12. The second-order valence-electron chi connectivity index (χ2n) is 13.1. The number of phenolic OH excluding ortho intramolecular Hbond substituents is 1. The number of unbranched alkanes of at least 4 members (excludes halogenated alkanes) is 2. The van der Waals surface area contributed by atoms with Crippen LogP contribution in [0, 0.1) is 0 Å². The lowest BCUT2D eigenvalue weighted by atomic mass is 10.0. The van der Waals surface area contributed by atoms with Crippen molar-refractivity contribution in [3.63, 3.8) is 0 Å². The number of rotatable bonds is 18. The van der Waals surface area contributed by atoms with Crippen LogP contribution in [-0.2, 0) is 40.7 Å². The number of aliphatic hydroxyl groups excluding tert-OH is 1. The van der Waals surface area contributed by atoms with Crippen molar-refractivity contribution in [1.82, 2.24) is 25.4 Å². The minimum absolute atomic E-state index is 0.0351. The summed E-state index contributed by atoms with van der Waals surface area (Å²) in [7, 11) is -3.56. The third-order valence-corrected chi connectivity index (χ3v) is 9.77. The average molecular weight is 722 g/mol. The van der Waals surface area contributed by atoms with Gasteiger partial charge in [-0.3, -0.25) is 9.52 Å². The Morgan fingerprint density at radius 3 is 2.55 bits per heavy atom. The van der Waals surface area contributed by atoms with Crippen LogP contribution >= 0.6 is 0 Å². The number of hydrogen-bond donors (Lipinski definition) is 6. The van der Waals surface area contributed by atoms with E-state index in [0.717, 1.165) is 105 Å². The van der Waals surface area contributed by atoms with Crippen LogP contribution in [0.15, 0.2) is 48.7 Å². The Hall–Kier alpha value is -4.24. The van der Waals surface area contributed by atoms with E-state index >= 15 is 0 Å². The molecule has 5 rings (SSSR count). The van der Waals surface area contributed by atoms with Crippen LogP contribution in [0.25, 0.3) is 11.0 Å². The third-order valence-electron chi connectivity index (χ3n) is 9.18. The van der Waals surface area contributed by atoms with Gasteiger partial charge in [0.25, 0.3) is 5.91 Å². The number of aliphatic hydroxyl groups is 1. The summed E-state index contributed by atoms with van der Waals surface area (Å²) in [6.45, 7) is 7.71. The summed E-state index contributed by atoms with van der Waals surface area (Å²) in [4.78, 5) is 18.3. The van der Waals surface area contributed by atoms with E-state index in [4.69, 9.17) is 9.72 Å². The molecule has 1 fully saturated rings. The molecule has 4 aromatic rings. The molecule has 1 saturated heterocycles. The fourth-order valence-corrected chi connectivity index (χ4v) is 6.91. The Labute approximate surface area is 300 Å². The van der Waals surface area contributed by atoms with Gasteiger partial charge in [0.15, 0.2) is 5.65 Å².